The first-order chi connectivity index (χ1) is 7.84. The van der Waals surface area contributed by atoms with Crippen molar-refractivity contribution < 1.29 is 4.79 Å². The Bertz CT molecular complexity index is 333. The Morgan fingerprint density at radius 3 is 3.00 bits per heavy atom. The first-order valence-electron chi connectivity index (χ1n) is 5.75. The number of pyridine rings is 1. The van der Waals surface area contributed by atoms with Gasteiger partial charge in [0.05, 0.1) is 11.9 Å². The molecule has 0 bridgehead atoms. The van der Waals surface area contributed by atoms with Crippen molar-refractivity contribution in [2.75, 3.05) is 18.4 Å². The summed E-state index contributed by atoms with van der Waals surface area (Å²) in [7, 11) is 0. The third kappa shape index (κ3) is 3.31. The van der Waals surface area contributed by atoms with Crippen LogP contribution in [0.4, 0.5) is 5.69 Å². The van der Waals surface area contributed by atoms with Gasteiger partial charge in [-0.25, -0.2) is 0 Å². The summed E-state index contributed by atoms with van der Waals surface area (Å²) in [6.07, 6.45) is 6.18. The number of hydrogen-bond donors (Lipinski definition) is 2. The standard InChI is InChI=1S/C12H17N3O/c16-12(8-10-3-6-13-7-4-10)15-11-2-1-5-14-9-11/h1-2,5,9-10,13H,3-4,6-8H2,(H,15,16). The fourth-order valence-electron chi connectivity index (χ4n) is 2.00. The summed E-state index contributed by atoms with van der Waals surface area (Å²) in [5.41, 5.74) is 0.779. The largest absolute Gasteiger partial charge is 0.325 e. The third-order valence-corrected chi connectivity index (χ3v) is 2.88. The van der Waals surface area contributed by atoms with E-state index in [-0.39, 0.29) is 5.91 Å². The van der Waals surface area contributed by atoms with E-state index in [4.69, 9.17) is 0 Å². The molecule has 0 radical (unpaired) electrons. The fraction of sp³-hybridized carbons (Fsp3) is 0.500. The molecule has 1 amide bonds. The maximum Gasteiger partial charge on any atom is 0.224 e. The monoisotopic (exact) mass is 219 g/mol. The Labute approximate surface area is 95.5 Å². The molecule has 1 aliphatic rings. The van der Waals surface area contributed by atoms with Crippen LogP contribution in [0.5, 0.6) is 0 Å². The van der Waals surface area contributed by atoms with Crippen LogP contribution in [0.15, 0.2) is 24.5 Å². The quantitative estimate of drug-likeness (QED) is 0.808. The molecule has 1 saturated heterocycles. The normalized spacial score (nSPS) is 17.0. The van der Waals surface area contributed by atoms with Gasteiger partial charge in [0, 0.05) is 12.6 Å². The van der Waals surface area contributed by atoms with E-state index in [1.807, 2.05) is 12.1 Å². The first kappa shape index (κ1) is 11.1. The van der Waals surface area contributed by atoms with E-state index in [2.05, 4.69) is 15.6 Å². The highest BCUT2D eigenvalue weighted by atomic mass is 16.1. The minimum absolute atomic E-state index is 0.0971. The van der Waals surface area contributed by atoms with Crippen LogP contribution in [0.3, 0.4) is 0 Å². The molecule has 0 atom stereocenters. The van der Waals surface area contributed by atoms with E-state index in [0.717, 1.165) is 31.6 Å². The van der Waals surface area contributed by atoms with Gasteiger partial charge in [0.25, 0.3) is 0 Å². The second kappa shape index (κ2) is 5.61. The summed E-state index contributed by atoms with van der Waals surface area (Å²) in [5.74, 6) is 0.623. The van der Waals surface area contributed by atoms with E-state index in [0.29, 0.717) is 12.3 Å². The number of carbonyl (C=O) groups is 1. The van der Waals surface area contributed by atoms with E-state index in [1.165, 1.54) is 0 Å². The Morgan fingerprint density at radius 2 is 2.31 bits per heavy atom. The second-order valence-corrected chi connectivity index (χ2v) is 4.19. The van der Waals surface area contributed by atoms with E-state index in [1.54, 1.807) is 12.4 Å². The molecule has 0 unspecified atom stereocenters. The molecule has 2 heterocycles. The van der Waals surface area contributed by atoms with Gasteiger partial charge in [0.2, 0.25) is 5.91 Å². The smallest absolute Gasteiger partial charge is 0.224 e. The van der Waals surface area contributed by atoms with Gasteiger partial charge in [0.1, 0.15) is 0 Å². The Balaban J connectivity index is 1.80. The summed E-state index contributed by atoms with van der Waals surface area (Å²) >= 11 is 0. The van der Waals surface area contributed by atoms with Crippen LogP contribution in [-0.4, -0.2) is 24.0 Å². The Morgan fingerprint density at radius 1 is 1.50 bits per heavy atom. The van der Waals surface area contributed by atoms with Crippen molar-refractivity contribution in [2.24, 2.45) is 5.92 Å². The van der Waals surface area contributed by atoms with Crippen molar-refractivity contribution in [3.8, 4) is 0 Å². The zero-order valence-corrected chi connectivity index (χ0v) is 9.28. The lowest BCUT2D eigenvalue weighted by Gasteiger charge is -2.21. The summed E-state index contributed by atoms with van der Waals surface area (Å²) in [5, 5.41) is 6.16. The van der Waals surface area contributed by atoms with Crippen molar-refractivity contribution in [1.29, 1.82) is 0 Å². The molecule has 2 rings (SSSR count). The molecule has 4 nitrogen and oxygen atoms in total. The summed E-state index contributed by atoms with van der Waals surface area (Å²) < 4.78 is 0. The molecule has 16 heavy (non-hydrogen) atoms. The van der Waals surface area contributed by atoms with Gasteiger partial charge >= 0.3 is 0 Å². The lowest BCUT2D eigenvalue weighted by Crippen LogP contribution is -2.30. The highest BCUT2D eigenvalue weighted by molar-refractivity contribution is 5.90. The van der Waals surface area contributed by atoms with Crippen LogP contribution >= 0.6 is 0 Å². The third-order valence-electron chi connectivity index (χ3n) is 2.88. The number of nitrogens with one attached hydrogen (secondary N) is 2. The molecule has 0 aliphatic carbocycles. The number of piperidine rings is 1. The number of nitrogens with zero attached hydrogens (tertiary/aromatic N) is 1. The summed E-state index contributed by atoms with van der Waals surface area (Å²) in [6, 6.07) is 3.67. The molecular weight excluding hydrogens is 202 g/mol. The number of rotatable bonds is 3. The van der Waals surface area contributed by atoms with Gasteiger partial charge in [-0.15, -0.1) is 0 Å². The molecule has 0 spiro atoms. The summed E-state index contributed by atoms with van der Waals surface area (Å²) in [4.78, 5) is 15.7. The number of anilines is 1. The van der Waals surface area contributed by atoms with E-state index >= 15 is 0 Å². The SMILES string of the molecule is O=C(CC1CCNCC1)Nc1cccnc1. The molecule has 1 aromatic rings. The molecule has 0 aromatic carbocycles. The molecular formula is C12H17N3O. The van der Waals surface area contributed by atoms with Gasteiger partial charge in [-0.05, 0) is 44.0 Å². The van der Waals surface area contributed by atoms with Gasteiger partial charge in [0.15, 0.2) is 0 Å². The maximum atomic E-state index is 11.7. The number of hydrogen-bond acceptors (Lipinski definition) is 3. The Hall–Kier alpha value is -1.42. The molecule has 4 heteroatoms. The minimum atomic E-state index is 0.0971. The molecule has 1 aliphatic heterocycles. The van der Waals surface area contributed by atoms with Crippen LogP contribution in [0.1, 0.15) is 19.3 Å². The fourth-order valence-corrected chi connectivity index (χ4v) is 2.00. The second-order valence-electron chi connectivity index (χ2n) is 4.19. The highest BCUT2D eigenvalue weighted by Crippen LogP contribution is 2.16. The minimum Gasteiger partial charge on any atom is -0.325 e. The van der Waals surface area contributed by atoms with Gasteiger partial charge in [-0.2, -0.15) is 0 Å². The zero-order valence-electron chi connectivity index (χ0n) is 9.28. The lowest BCUT2D eigenvalue weighted by molar-refractivity contribution is -0.117. The molecule has 1 aromatic heterocycles. The van der Waals surface area contributed by atoms with Crippen molar-refractivity contribution in [3.05, 3.63) is 24.5 Å². The topological polar surface area (TPSA) is 54.0 Å². The van der Waals surface area contributed by atoms with Crippen molar-refractivity contribution in [1.82, 2.24) is 10.3 Å². The highest BCUT2D eigenvalue weighted by Gasteiger charge is 2.16. The average Bonchev–Trinajstić information content (AvgIpc) is 2.31. The van der Waals surface area contributed by atoms with Gasteiger partial charge < -0.3 is 10.6 Å². The Kier molecular flexibility index (Phi) is 3.88. The van der Waals surface area contributed by atoms with Crippen LogP contribution in [0, 0.1) is 5.92 Å². The van der Waals surface area contributed by atoms with Crippen LogP contribution in [0.25, 0.3) is 0 Å². The molecule has 2 N–H and O–H groups in total. The molecule has 0 saturated carbocycles. The molecule has 1 fully saturated rings. The van der Waals surface area contributed by atoms with Gasteiger partial charge in [-0.3, -0.25) is 9.78 Å². The maximum absolute atomic E-state index is 11.7. The lowest BCUT2D eigenvalue weighted by atomic mass is 9.94. The van der Waals surface area contributed by atoms with Crippen LogP contribution in [-0.2, 0) is 4.79 Å². The van der Waals surface area contributed by atoms with Crippen molar-refractivity contribution >= 4 is 11.6 Å². The predicted octanol–water partition coefficient (Wildman–Crippen LogP) is 1.41. The average molecular weight is 219 g/mol. The number of amides is 1. The number of aromatic nitrogens is 1. The van der Waals surface area contributed by atoms with E-state index in [9.17, 15) is 4.79 Å². The van der Waals surface area contributed by atoms with Crippen LogP contribution < -0.4 is 10.6 Å². The predicted molar refractivity (Wildman–Crippen MR) is 63.1 cm³/mol. The molecule has 86 valence electrons. The van der Waals surface area contributed by atoms with Crippen molar-refractivity contribution in [2.45, 2.75) is 19.3 Å². The number of carbonyl (C=O) groups excluding carboxylic acids is 1. The van der Waals surface area contributed by atoms with Crippen LogP contribution in [0.2, 0.25) is 0 Å². The zero-order chi connectivity index (χ0) is 11.2. The van der Waals surface area contributed by atoms with Crippen molar-refractivity contribution in [3.63, 3.8) is 0 Å². The first-order valence-corrected chi connectivity index (χ1v) is 5.75. The summed E-state index contributed by atoms with van der Waals surface area (Å²) in [6.45, 7) is 2.07. The van der Waals surface area contributed by atoms with Gasteiger partial charge in [-0.1, -0.05) is 0 Å². The van der Waals surface area contributed by atoms with E-state index < -0.39 is 0 Å².